The van der Waals surface area contributed by atoms with Crippen LogP contribution in [0.3, 0.4) is 0 Å². The van der Waals surface area contributed by atoms with Crippen LogP contribution in [0.25, 0.3) is 0 Å². The summed E-state index contributed by atoms with van der Waals surface area (Å²) in [4.78, 5) is 19.4. The zero-order valence-electron chi connectivity index (χ0n) is 19.9. The smallest absolute Gasteiger partial charge is 0.357 e. The van der Waals surface area contributed by atoms with Gasteiger partial charge in [-0.25, -0.2) is 22.9 Å². The lowest BCUT2D eigenvalue weighted by molar-refractivity contribution is 0.0722. The van der Waals surface area contributed by atoms with Gasteiger partial charge in [-0.05, 0) is 38.3 Å². The van der Waals surface area contributed by atoms with Gasteiger partial charge in [0.2, 0.25) is 34.8 Å². The number of nitrogens with one attached hydrogen (secondary N) is 1. The maximum atomic E-state index is 14.0. The molecule has 11 heteroatoms. The van der Waals surface area contributed by atoms with Crippen LogP contribution in [0, 0.1) is 35.0 Å². The summed E-state index contributed by atoms with van der Waals surface area (Å²) in [5, 5.41) is 3.66. The Morgan fingerprint density at radius 2 is 1.60 bits per heavy atom. The van der Waals surface area contributed by atoms with Crippen LogP contribution in [-0.4, -0.2) is 35.5 Å². The lowest BCUT2D eigenvalue weighted by Gasteiger charge is -2.29. The van der Waals surface area contributed by atoms with Crippen molar-refractivity contribution in [1.82, 2.24) is 9.88 Å². The van der Waals surface area contributed by atoms with Gasteiger partial charge in [-0.2, -0.15) is 8.78 Å². The molecule has 0 amide bonds. The average Bonchev–Trinajstić information content (AvgIpc) is 3.25. The number of unbranched alkanes of at least 4 members (excludes halogenated alkanes) is 4. The summed E-state index contributed by atoms with van der Waals surface area (Å²) < 4.78 is 73.2. The molecule has 1 aliphatic rings. The molecule has 1 saturated heterocycles. The predicted octanol–water partition coefficient (Wildman–Crippen LogP) is 6.67. The van der Waals surface area contributed by atoms with Crippen LogP contribution in [-0.2, 0) is 6.54 Å². The van der Waals surface area contributed by atoms with Gasteiger partial charge in [0.05, 0.1) is 6.54 Å². The number of rotatable bonds is 11. The van der Waals surface area contributed by atoms with E-state index in [-0.39, 0.29) is 10.7 Å². The van der Waals surface area contributed by atoms with Crippen molar-refractivity contribution in [2.45, 2.75) is 65.3 Å². The molecule has 3 rings (SSSR count). The molecule has 0 radical (unpaired) electrons. The highest BCUT2D eigenvalue weighted by Crippen LogP contribution is 2.32. The molecule has 1 fully saturated rings. The second-order valence-corrected chi connectivity index (χ2v) is 9.96. The van der Waals surface area contributed by atoms with Gasteiger partial charge in [0.25, 0.3) is 0 Å². The number of anilines is 1. The van der Waals surface area contributed by atoms with Crippen molar-refractivity contribution in [3.05, 3.63) is 39.0 Å². The Morgan fingerprint density at radius 1 is 1.00 bits per heavy atom. The molecule has 2 aromatic rings. The number of piperidine rings is 1. The minimum absolute atomic E-state index is 0.0807. The number of hydrogen-bond acceptors (Lipinski definition) is 6. The number of carbonyl (C=O) groups is 1. The van der Waals surface area contributed by atoms with E-state index in [0.717, 1.165) is 69.4 Å². The minimum atomic E-state index is -2.32. The average molecular weight is 520 g/mol. The number of likely N-dealkylation sites (tertiary alicyclic amines) is 1. The molecule has 0 saturated carbocycles. The van der Waals surface area contributed by atoms with Crippen LogP contribution in [0.2, 0.25) is 0 Å². The number of hydrogen-bond donors (Lipinski definition) is 1. The predicted molar refractivity (Wildman–Crippen MR) is 124 cm³/mol. The van der Waals surface area contributed by atoms with E-state index >= 15 is 0 Å². The zero-order valence-corrected chi connectivity index (χ0v) is 20.7. The second-order valence-electron chi connectivity index (χ2n) is 8.87. The van der Waals surface area contributed by atoms with E-state index in [1.807, 2.05) is 0 Å². The molecule has 1 aromatic heterocycles. The standard InChI is InChI=1S/C24H30F5N3O2S/c1-3-4-5-6-7-10-30-23-22(35-15(31-23)13-32-11-8-14(2)9-12-32)24(33)34-21-19(28)17(26)16(25)18(27)20(21)29/h14,30H,3-13H2,1-2H3. The first-order valence-electron chi connectivity index (χ1n) is 11.9. The van der Waals surface area contributed by atoms with Crippen molar-refractivity contribution in [3.63, 3.8) is 0 Å². The molecular weight excluding hydrogens is 489 g/mol. The number of benzene rings is 1. The van der Waals surface area contributed by atoms with Crippen LogP contribution in [0.5, 0.6) is 5.75 Å². The van der Waals surface area contributed by atoms with Crippen LogP contribution in [0.4, 0.5) is 27.8 Å². The highest BCUT2D eigenvalue weighted by atomic mass is 32.1. The molecule has 0 spiro atoms. The molecular formula is C24H30F5N3O2S. The maximum Gasteiger partial charge on any atom is 0.357 e. The van der Waals surface area contributed by atoms with Crippen LogP contribution in [0.1, 0.15) is 73.5 Å². The normalized spacial score (nSPS) is 14.9. The Hall–Kier alpha value is -2.27. The van der Waals surface area contributed by atoms with Gasteiger partial charge in [0.15, 0.2) is 10.7 Å². The summed E-state index contributed by atoms with van der Waals surface area (Å²) in [6.07, 6.45) is 7.19. The summed E-state index contributed by atoms with van der Waals surface area (Å²) in [5.74, 6) is -13.1. The fourth-order valence-corrected chi connectivity index (χ4v) is 4.81. The second kappa shape index (κ2) is 12.6. The lowest BCUT2D eigenvalue weighted by Crippen LogP contribution is -2.32. The Balaban J connectivity index is 1.78. The number of aromatic nitrogens is 1. The van der Waals surface area contributed by atoms with Crippen molar-refractivity contribution in [2.75, 3.05) is 25.0 Å². The zero-order chi connectivity index (χ0) is 25.5. The van der Waals surface area contributed by atoms with E-state index in [0.29, 0.717) is 24.0 Å². The largest absolute Gasteiger partial charge is 0.416 e. The summed E-state index contributed by atoms with van der Waals surface area (Å²) >= 11 is 0.980. The van der Waals surface area contributed by atoms with Crippen LogP contribution < -0.4 is 10.1 Å². The Kier molecular flexibility index (Phi) is 9.85. The molecule has 1 aliphatic heterocycles. The van der Waals surface area contributed by atoms with Crippen molar-refractivity contribution in [2.24, 2.45) is 5.92 Å². The maximum absolute atomic E-state index is 14.0. The van der Waals surface area contributed by atoms with Gasteiger partial charge in [-0.1, -0.05) is 39.5 Å². The third-order valence-corrected chi connectivity index (χ3v) is 7.05. The summed E-state index contributed by atoms with van der Waals surface area (Å²) in [7, 11) is 0. The molecule has 0 aliphatic carbocycles. The molecule has 0 unspecified atom stereocenters. The Bertz CT molecular complexity index is 996. The number of nitrogens with zero attached hydrogens (tertiary/aromatic N) is 2. The quantitative estimate of drug-likeness (QED) is 0.0897. The first-order valence-corrected chi connectivity index (χ1v) is 12.7. The van der Waals surface area contributed by atoms with Crippen molar-refractivity contribution < 1.29 is 31.5 Å². The fourth-order valence-electron chi connectivity index (χ4n) is 3.85. The first kappa shape index (κ1) is 27.3. The third-order valence-electron chi connectivity index (χ3n) is 6.03. The van der Waals surface area contributed by atoms with Crippen LogP contribution >= 0.6 is 11.3 Å². The van der Waals surface area contributed by atoms with Gasteiger partial charge in [-0.3, -0.25) is 4.90 Å². The molecule has 0 atom stereocenters. The molecule has 2 heterocycles. The van der Waals surface area contributed by atoms with E-state index in [1.165, 1.54) is 0 Å². The lowest BCUT2D eigenvalue weighted by atomic mass is 9.99. The minimum Gasteiger partial charge on any atom is -0.416 e. The van der Waals surface area contributed by atoms with Gasteiger partial charge >= 0.3 is 5.97 Å². The van der Waals surface area contributed by atoms with Crippen molar-refractivity contribution in [3.8, 4) is 5.75 Å². The van der Waals surface area contributed by atoms with Gasteiger partial charge < -0.3 is 10.1 Å². The Labute approximate surface area is 205 Å². The number of esters is 1. The van der Waals surface area contributed by atoms with Crippen LogP contribution in [0.15, 0.2) is 0 Å². The molecule has 0 bridgehead atoms. The van der Waals surface area contributed by atoms with Gasteiger partial charge in [0.1, 0.15) is 5.01 Å². The number of carbonyl (C=O) groups excluding carboxylic acids is 1. The monoisotopic (exact) mass is 519 g/mol. The third kappa shape index (κ3) is 6.91. The molecule has 1 N–H and O–H groups in total. The number of ether oxygens (including phenoxy) is 1. The van der Waals surface area contributed by atoms with Gasteiger partial charge in [0, 0.05) is 6.54 Å². The first-order chi connectivity index (χ1) is 16.7. The number of thiazole rings is 1. The molecule has 5 nitrogen and oxygen atoms in total. The SMILES string of the molecule is CCCCCCCNc1nc(CN2CCC(C)CC2)sc1C(=O)Oc1c(F)c(F)c(F)c(F)c1F. The summed E-state index contributed by atoms with van der Waals surface area (Å²) in [6.45, 7) is 7.06. The Morgan fingerprint density at radius 3 is 2.23 bits per heavy atom. The van der Waals surface area contributed by atoms with E-state index in [1.54, 1.807) is 0 Å². The molecule has 194 valence electrons. The topological polar surface area (TPSA) is 54.5 Å². The van der Waals surface area contributed by atoms with E-state index in [2.05, 4.69) is 33.8 Å². The highest BCUT2D eigenvalue weighted by Gasteiger charge is 2.30. The summed E-state index contributed by atoms with van der Waals surface area (Å²) in [5.41, 5.74) is 0. The molecule has 1 aromatic carbocycles. The van der Waals surface area contributed by atoms with Crippen molar-refractivity contribution in [1.29, 1.82) is 0 Å². The number of halogens is 5. The highest BCUT2D eigenvalue weighted by molar-refractivity contribution is 7.14. The molecule has 35 heavy (non-hydrogen) atoms. The van der Waals surface area contributed by atoms with E-state index < -0.39 is 40.8 Å². The van der Waals surface area contributed by atoms with E-state index in [4.69, 9.17) is 0 Å². The van der Waals surface area contributed by atoms with Crippen molar-refractivity contribution >= 4 is 23.1 Å². The summed E-state index contributed by atoms with van der Waals surface area (Å²) in [6, 6.07) is 0. The van der Waals surface area contributed by atoms with Gasteiger partial charge in [-0.15, -0.1) is 11.3 Å². The van der Waals surface area contributed by atoms with E-state index in [9.17, 15) is 26.7 Å². The fraction of sp³-hybridized carbons (Fsp3) is 0.583.